The lowest BCUT2D eigenvalue weighted by atomic mass is 9.94. The van der Waals surface area contributed by atoms with Crippen molar-refractivity contribution in [3.63, 3.8) is 0 Å². The quantitative estimate of drug-likeness (QED) is 0.677. The van der Waals surface area contributed by atoms with Crippen LogP contribution in [0.5, 0.6) is 11.5 Å². The molecule has 1 saturated carbocycles. The van der Waals surface area contributed by atoms with Gasteiger partial charge < -0.3 is 10.1 Å². The van der Waals surface area contributed by atoms with Gasteiger partial charge in [-0.15, -0.1) is 0 Å². The Morgan fingerprint density at radius 2 is 1.62 bits per heavy atom. The zero-order valence-electron chi connectivity index (χ0n) is 17.0. The molecule has 1 amide bonds. The standard InChI is InChI=1S/C24H25N3O2/c1-24(2,3)27-19(15-12-13-15)14-18(26-27)23(28)25-22-16-8-4-6-10-20(16)29-21-11-7-5-9-17(21)22/h4-11,14-15,22H,12-13H2,1-3H3,(H,25,28). The van der Waals surface area contributed by atoms with Crippen LogP contribution in [0.2, 0.25) is 0 Å². The van der Waals surface area contributed by atoms with Crippen LogP contribution in [-0.4, -0.2) is 15.7 Å². The first-order valence-electron chi connectivity index (χ1n) is 10.2. The van der Waals surface area contributed by atoms with E-state index in [9.17, 15) is 4.79 Å². The highest BCUT2D eigenvalue weighted by molar-refractivity contribution is 5.93. The third-order valence-electron chi connectivity index (χ3n) is 5.56. The maximum Gasteiger partial charge on any atom is 0.272 e. The van der Waals surface area contributed by atoms with E-state index in [1.165, 1.54) is 12.8 Å². The smallest absolute Gasteiger partial charge is 0.272 e. The largest absolute Gasteiger partial charge is 0.457 e. The minimum Gasteiger partial charge on any atom is -0.457 e. The first-order valence-corrected chi connectivity index (χ1v) is 10.2. The maximum atomic E-state index is 13.2. The van der Waals surface area contributed by atoms with Crippen LogP contribution in [0.3, 0.4) is 0 Å². The summed E-state index contributed by atoms with van der Waals surface area (Å²) in [4.78, 5) is 13.2. The number of amides is 1. The van der Waals surface area contributed by atoms with Crippen molar-refractivity contribution in [2.45, 2.75) is 51.1 Å². The zero-order chi connectivity index (χ0) is 20.2. The summed E-state index contributed by atoms with van der Waals surface area (Å²) in [5.74, 6) is 1.91. The van der Waals surface area contributed by atoms with Crippen molar-refractivity contribution in [1.82, 2.24) is 15.1 Å². The number of nitrogens with zero attached hydrogens (tertiary/aromatic N) is 2. The summed E-state index contributed by atoms with van der Waals surface area (Å²) in [5.41, 5.74) is 3.39. The molecular formula is C24H25N3O2. The van der Waals surface area contributed by atoms with Gasteiger partial charge in [-0.25, -0.2) is 0 Å². The number of fused-ring (bicyclic) bond motifs is 2. The summed E-state index contributed by atoms with van der Waals surface area (Å²) < 4.78 is 8.05. The van der Waals surface area contributed by atoms with E-state index < -0.39 is 0 Å². The first kappa shape index (κ1) is 18.0. The van der Waals surface area contributed by atoms with Crippen molar-refractivity contribution in [2.24, 2.45) is 0 Å². The third kappa shape index (κ3) is 3.20. The predicted octanol–water partition coefficient (Wildman–Crippen LogP) is 5.14. The Morgan fingerprint density at radius 1 is 1.03 bits per heavy atom. The molecule has 0 atom stereocenters. The topological polar surface area (TPSA) is 56.2 Å². The van der Waals surface area contributed by atoms with Crippen LogP contribution >= 0.6 is 0 Å². The number of carbonyl (C=O) groups excluding carboxylic acids is 1. The van der Waals surface area contributed by atoms with E-state index in [4.69, 9.17) is 9.84 Å². The molecule has 0 unspecified atom stereocenters. The van der Waals surface area contributed by atoms with Crippen LogP contribution in [0.15, 0.2) is 54.6 Å². The lowest BCUT2D eigenvalue weighted by Crippen LogP contribution is -2.32. The Morgan fingerprint density at radius 3 is 2.17 bits per heavy atom. The molecule has 1 aliphatic heterocycles. The van der Waals surface area contributed by atoms with Crippen molar-refractivity contribution in [2.75, 3.05) is 0 Å². The predicted molar refractivity (Wildman–Crippen MR) is 111 cm³/mol. The number of hydrogen-bond donors (Lipinski definition) is 1. The summed E-state index contributed by atoms with van der Waals surface area (Å²) in [5, 5.41) is 7.90. The Hall–Kier alpha value is -3.08. The Labute approximate surface area is 170 Å². The summed E-state index contributed by atoms with van der Waals surface area (Å²) in [6, 6.07) is 17.4. The number of rotatable bonds is 3. The monoisotopic (exact) mass is 387 g/mol. The number of para-hydroxylation sites is 2. The molecule has 3 aromatic rings. The second kappa shape index (κ2) is 6.48. The number of carbonyl (C=O) groups is 1. The average Bonchev–Trinajstić information content (AvgIpc) is 3.44. The average molecular weight is 387 g/mol. The van der Waals surface area contributed by atoms with Gasteiger partial charge in [-0.1, -0.05) is 36.4 Å². The van der Waals surface area contributed by atoms with Crippen LogP contribution in [-0.2, 0) is 5.54 Å². The Balaban J connectivity index is 1.51. The summed E-state index contributed by atoms with van der Waals surface area (Å²) in [6.07, 6.45) is 2.34. The summed E-state index contributed by atoms with van der Waals surface area (Å²) in [7, 11) is 0. The van der Waals surface area contributed by atoms with Crippen molar-refractivity contribution >= 4 is 5.91 Å². The van der Waals surface area contributed by atoms with Gasteiger partial charge >= 0.3 is 0 Å². The minimum absolute atomic E-state index is 0.158. The minimum atomic E-state index is -0.271. The van der Waals surface area contributed by atoms with Crippen LogP contribution in [0.4, 0.5) is 0 Å². The van der Waals surface area contributed by atoms with Gasteiger partial charge in [0, 0.05) is 22.7 Å². The molecule has 1 aromatic heterocycles. The van der Waals surface area contributed by atoms with Crippen molar-refractivity contribution in [3.8, 4) is 11.5 Å². The highest BCUT2D eigenvalue weighted by Gasteiger charge is 2.34. The summed E-state index contributed by atoms with van der Waals surface area (Å²) >= 11 is 0. The van der Waals surface area contributed by atoms with Gasteiger partial charge in [0.25, 0.3) is 5.91 Å². The summed E-state index contributed by atoms with van der Waals surface area (Å²) in [6.45, 7) is 6.37. The molecule has 5 rings (SSSR count). The van der Waals surface area contributed by atoms with E-state index in [2.05, 4.69) is 26.1 Å². The highest BCUT2D eigenvalue weighted by Crippen LogP contribution is 2.43. The second-order valence-corrected chi connectivity index (χ2v) is 8.90. The van der Waals surface area contributed by atoms with Gasteiger partial charge in [-0.3, -0.25) is 9.48 Å². The molecule has 5 nitrogen and oxygen atoms in total. The maximum absolute atomic E-state index is 13.2. The third-order valence-corrected chi connectivity index (χ3v) is 5.56. The van der Waals surface area contributed by atoms with Crippen LogP contribution in [0.1, 0.15) is 72.9 Å². The van der Waals surface area contributed by atoms with Gasteiger partial charge in [0.15, 0.2) is 5.69 Å². The number of nitrogens with one attached hydrogen (secondary N) is 1. The fraction of sp³-hybridized carbons (Fsp3) is 0.333. The van der Waals surface area contributed by atoms with E-state index in [0.29, 0.717) is 11.6 Å². The van der Waals surface area contributed by atoms with E-state index in [1.54, 1.807) is 0 Å². The molecule has 0 radical (unpaired) electrons. The lowest BCUT2D eigenvalue weighted by molar-refractivity contribution is 0.0935. The number of aromatic nitrogens is 2. The first-order chi connectivity index (χ1) is 13.9. The van der Waals surface area contributed by atoms with Crippen molar-refractivity contribution in [3.05, 3.63) is 77.1 Å². The van der Waals surface area contributed by atoms with E-state index in [1.807, 2.05) is 59.3 Å². The second-order valence-electron chi connectivity index (χ2n) is 8.90. The van der Waals surface area contributed by atoms with Gasteiger partial charge in [0.1, 0.15) is 11.5 Å². The van der Waals surface area contributed by atoms with E-state index in [0.717, 1.165) is 28.3 Å². The normalized spacial score (nSPS) is 16.0. The number of hydrogen-bond acceptors (Lipinski definition) is 3. The molecule has 1 fully saturated rings. The van der Waals surface area contributed by atoms with Crippen LogP contribution < -0.4 is 10.1 Å². The van der Waals surface area contributed by atoms with E-state index >= 15 is 0 Å². The molecule has 0 saturated heterocycles. The molecule has 0 bridgehead atoms. The number of benzene rings is 2. The molecular weight excluding hydrogens is 362 g/mol. The van der Waals surface area contributed by atoms with Crippen molar-refractivity contribution in [1.29, 1.82) is 0 Å². The van der Waals surface area contributed by atoms with Gasteiger partial charge in [-0.2, -0.15) is 5.10 Å². The van der Waals surface area contributed by atoms with Crippen molar-refractivity contribution < 1.29 is 9.53 Å². The molecule has 1 N–H and O–H groups in total. The molecule has 2 aliphatic rings. The molecule has 148 valence electrons. The van der Waals surface area contributed by atoms with Gasteiger partial charge in [0.05, 0.1) is 11.6 Å². The Kier molecular flexibility index (Phi) is 4.02. The fourth-order valence-electron chi connectivity index (χ4n) is 3.98. The molecule has 1 aliphatic carbocycles. The number of ether oxygens (including phenoxy) is 1. The van der Waals surface area contributed by atoms with Crippen LogP contribution in [0, 0.1) is 0 Å². The zero-order valence-corrected chi connectivity index (χ0v) is 17.0. The SMILES string of the molecule is CC(C)(C)n1nc(C(=O)NC2c3ccccc3Oc3ccccc32)cc1C1CC1. The van der Waals surface area contributed by atoms with Gasteiger partial charge in [0.2, 0.25) is 0 Å². The molecule has 0 spiro atoms. The molecule has 29 heavy (non-hydrogen) atoms. The lowest BCUT2D eigenvalue weighted by Gasteiger charge is -2.28. The van der Waals surface area contributed by atoms with Gasteiger partial charge in [-0.05, 0) is 51.8 Å². The fourth-order valence-corrected chi connectivity index (χ4v) is 3.98. The Bertz CT molecular complexity index is 1040. The van der Waals surface area contributed by atoms with Crippen LogP contribution in [0.25, 0.3) is 0 Å². The van der Waals surface area contributed by atoms with E-state index in [-0.39, 0.29) is 17.5 Å². The molecule has 5 heteroatoms. The molecule has 2 heterocycles. The molecule has 2 aromatic carbocycles. The highest BCUT2D eigenvalue weighted by atomic mass is 16.5.